The van der Waals surface area contributed by atoms with Gasteiger partial charge in [-0.25, -0.2) is 4.98 Å². The van der Waals surface area contributed by atoms with E-state index in [4.69, 9.17) is 4.74 Å². The molecule has 9 nitrogen and oxygen atoms in total. The van der Waals surface area contributed by atoms with Crippen LogP contribution in [0.2, 0.25) is 0 Å². The van der Waals surface area contributed by atoms with Gasteiger partial charge in [-0.05, 0) is 63.5 Å². The molecule has 1 saturated heterocycles. The van der Waals surface area contributed by atoms with Crippen molar-refractivity contribution in [1.29, 1.82) is 0 Å². The zero-order valence-corrected chi connectivity index (χ0v) is 20.3. The van der Waals surface area contributed by atoms with E-state index in [-0.39, 0.29) is 6.10 Å². The molecule has 2 aromatic heterocycles. The highest BCUT2D eigenvalue weighted by atomic mass is 16.5. The number of carbonyl (C=O) groups excluding carboxylic acids is 1. The highest BCUT2D eigenvalue weighted by molar-refractivity contribution is 5.60. The summed E-state index contributed by atoms with van der Waals surface area (Å²) in [6, 6.07) is 13.8. The average Bonchev–Trinajstić information content (AvgIpc) is 2.86. The molecule has 0 spiro atoms. The summed E-state index contributed by atoms with van der Waals surface area (Å²) in [6.07, 6.45) is 6.26. The van der Waals surface area contributed by atoms with Gasteiger partial charge in [0.1, 0.15) is 17.7 Å². The van der Waals surface area contributed by atoms with Crippen LogP contribution in [0.1, 0.15) is 24.0 Å². The Labute approximate surface area is 206 Å². The lowest BCUT2D eigenvalue weighted by molar-refractivity contribution is -0.109. The Hall–Kier alpha value is -3.98. The van der Waals surface area contributed by atoms with Gasteiger partial charge in [-0.3, -0.25) is 4.79 Å². The maximum atomic E-state index is 9.40. The molecule has 0 atom stereocenters. The van der Waals surface area contributed by atoms with Gasteiger partial charge in [0.2, 0.25) is 18.2 Å². The normalized spacial score (nSPS) is 13.1. The quantitative estimate of drug-likeness (QED) is 0.208. The van der Waals surface area contributed by atoms with Crippen molar-refractivity contribution in [2.75, 3.05) is 30.3 Å². The molecule has 9 heteroatoms. The maximum absolute atomic E-state index is 9.40. The van der Waals surface area contributed by atoms with Gasteiger partial charge < -0.3 is 26.0 Å². The number of rotatable bonds is 9. The summed E-state index contributed by atoms with van der Waals surface area (Å²) in [7, 11) is 0. The second kappa shape index (κ2) is 13.7. The van der Waals surface area contributed by atoms with Crippen LogP contribution in [0.5, 0.6) is 5.88 Å². The van der Waals surface area contributed by atoms with E-state index in [1.807, 2.05) is 37.3 Å². The number of ether oxygens (including phenoxy) is 1. The summed E-state index contributed by atoms with van der Waals surface area (Å²) in [4.78, 5) is 23.0. The minimum Gasteiger partial charge on any atom is -0.474 e. The van der Waals surface area contributed by atoms with Crippen LogP contribution >= 0.6 is 0 Å². The summed E-state index contributed by atoms with van der Waals surface area (Å²) in [5.41, 5.74) is 3.07. The Morgan fingerprint density at radius 1 is 1.11 bits per heavy atom. The number of hydrogen-bond acceptors (Lipinski definition) is 8. The van der Waals surface area contributed by atoms with E-state index in [1.54, 1.807) is 12.3 Å². The molecule has 4 rings (SSSR count). The zero-order chi connectivity index (χ0) is 24.9. The molecule has 184 valence electrons. The third-order valence-corrected chi connectivity index (χ3v) is 5.14. The zero-order valence-electron chi connectivity index (χ0n) is 20.3. The second-order valence-electron chi connectivity index (χ2n) is 8.09. The molecule has 0 radical (unpaired) electrons. The molecule has 0 saturated carbocycles. The summed E-state index contributed by atoms with van der Waals surface area (Å²) >= 11 is 0. The Bertz CT molecular complexity index is 1090. The number of anilines is 4. The van der Waals surface area contributed by atoms with Crippen molar-refractivity contribution in [2.24, 2.45) is 0 Å². The molecule has 0 bridgehead atoms. The van der Waals surface area contributed by atoms with Gasteiger partial charge in [-0.1, -0.05) is 24.3 Å². The van der Waals surface area contributed by atoms with Gasteiger partial charge in [0.25, 0.3) is 0 Å². The first-order valence-electron chi connectivity index (χ1n) is 11.6. The third-order valence-electron chi connectivity index (χ3n) is 5.14. The van der Waals surface area contributed by atoms with Crippen LogP contribution in [0.4, 0.5) is 23.3 Å². The minimum absolute atomic E-state index is 0.213. The fourth-order valence-electron chi connectivity index (χ4n) is 3.37. The number of aromatic nitrogens is 3. The largest absolute Gasteiger partial charge is 0.474 e. The Kier molecular flexibility index (Phi) is 10.0. The van der Waals surface area contributed by atoms with Crippen molar-refractivity contribution >= 4 is 29.7 Å². The van der Waals surface area contributed by atoms with Crippen molar-refractivity contribution in [1.82, 2.24) is 25.6 Å². The summed E-state index contributed by atoms with van der Waals surface area (Å²) in [5, 5.41) is 12.3. The standard InChI is InChI=1S/C22H26N6O.C4H7NO/c1-15-5-3-6-17(13-15)25-22-24-14-16(2)21(28-22)27-19-7-4-8-20(26-19)29-18-9-11-23-12-10-18;1-2-3-5-4-6/h3-8,13-14,18,23H,9-12H2,1-2H3,(H2,24,25,26,27,28);2,4H,1,3H2,(H,5,6). The molecule has 35 heavy (non-hydrogen) atoms. The van der Waals surface area contributed by atoms with E-state index in [9.17, 15) is 4.79 Å². The van der Waals surface area contributed by atoms with E-state index in [1.165, 1.54) is 5.56 Å². The molecular formula is C26H33N7O2. The van der Waals surface area contributed by atoms with Gasteiger partial charge in [-0.15, -0.1) is 6.58 Å². The van der Waals surface area contributed by atoms with Crippen LogP contribution < -0.4 is 26.0 Å². The predicted molar refractivity (Wildman–Crippen MR) is 140 cm³/mol. The number of amides is 1. The monoisotopic (exact) mass is 475 g/mol. The van der Waals surface area contributed by atoms with Crippen LogP contribution in [0, 0.1) is 13.8 Å². The average molecular weight is 476 g/mol. The van der Waals surface area contributed by atoms with Crippen molar-refractivity contribution in [3.05, 3.63) is 72.4 Å². The number of nitrogens with one attached hydrogen (secondary N) is 4. The van der Waals surface area contributed by atoms with Crippen molar-refractivity contribution in [2.45, 2.75) is 32.8 Å². The van der Waals surface area contributed by atoms with Crippen molar-refractivity contribution in [3.63, 3.8) is 0 Å². The number of hydrogen-bond donors (Lipinski definition) is 4. The van der Waals surface area contributed by atoms with Crippen molar-refractivity contribution in [3.8, 4) is 5.88 Å². The third kappa shape index (κ3) is 8.71. The van der Waals surface area contributed by atoms with Gasteiger partial charge in [0.15, 0.2) is 0 Å². The molecule has 1 aromatic carbocycles. The summed E-state index contributed by atoms with van der Waals surface area (Å²) in [6.45, 7) is 9.93. The fraction of sp³-hybridized carbons (Fsp3) is 0.308. The summed E-state index contributed by atoms with van der Waals surface area (Å²) < 4.78 is 6.04. The van der Waals surface area contributed by atoms with Crippen LogP contribution in [-0.2, 0) is 4.79 Å². The first-order chi connectivity index (χ1) is 17.1. The van der Waals surface area contributed by atoms with E-state index in [0.29, 0.717) is 36.4 Å². The Morgan fingerprint density at radius 3 is 2.63 bits per heavy atom. The molecular weight excluding hydrogens is 442 g/mol. The van der Waals surface area contributed by atoms with Gasteiger partial charge in [-0.2, -0.15) is 9.97 Å². The number of nitrogens with zero attached hydrogens (tertiary/aromatic N) is 3. The highest BCUT2D eigenvalue weighted by Gasteiger charge is 2.15. The van der Waals surface area contributed by atoms with Crippen LogP contribution in [-0.4, -0.2) is 47.1 Å². The number of carbonyl (C=O) groups is 1. The lowest BCUT2D eigenvalue weighted by atomic mass is 10.1. The molecule has 1 aliphatic heterocycles. The number of pyridine rings is 1. The topological polar surface area (TPSA) is 113 Å². The molecule has 4 N–H and O–H groups in total. The van der Waals surface area contributed by atoms with Crippen molar-refractivity contribution < 1.29 is 9.53 Å². The van der Waals surface area contributed by atoms with Gasteiger partial charge in [0, 0.05) is 30.1 Å². The van der Waals surface area contributed by atoms with E-state index in [2.05, 4.69) is 61.9 Å². The fourth-order valence-corrected chi connectivity index (χ4v) is 3.37. The van der Waals surface area contributed by atoms with Gasteiger partial charge >= 0.3 is 0 Å². The maximum Gasteiger partial charge on any atom is 0.229 e. The van der Waals surface area contributed by atoms with E-state index >= 15 is 0 Å². The Balaban J connectivity index is 0.000000509. The van der Waals surface area contributed by atoms with E-state index < -0.39 is 0 Å². The lowest BCUT2D eigenvalue weighted by Gasteiger charge is -2.23. The molecule has 1 aliphatic rings. The van der Waals surface area contributed by atoms with Gasteiger partial charge in [0.05, 0.1) is 0 Å². The predicted octanol–water partition coefficient (Wildman–Crippen LogP) is 4.02. The molecule has 3 aromatic rings. The second-order valence-corrected chi connectivity index (χ2v) is 8.09. The van der Waals surface area contributed by atoms with Crippen LogP contribution in [0.15, 0.2) is 61.3 Å². The number of aryl methyl sites for hydroxylation is 2. The number of benzene rings is 1. The number of piperidine rings is 1. The lowest BCUT2D eigenvalue weighted by Crippen LogP contribution is -2.34. The molecule has 0 unspecified atom stereocenters. The first kappa shape index (κ1) is 25.6. The Morgan fingerprint density at radius 2 is 1.91 bits per heavy atom. The van der Waals surface area contributed by atoms with Crippen LogP contribution in [0.3, 0.4) is 0 Å². The smallest absolute Gasteiger partial charge is 0.229 e. The molecule has 1 fully saturated rings. The minimum atomic E-state index is 0.213. The molecule has 3 heterocycles. The van der Waals surface area contributed by atoms with Crippen LogP contribution in [0.25, 0.3) is 0 Å². The molecule has 0 aliphatic carbocycles. The SMILES string of the molecule is C=CCNC=O.Cc1cccc(Nc2ncc(C)c(Nc3cccc(OC4CCNCC4)n3)n2)c1. The highest BCUT2D eigenvalue weighted by Crippen LogP contribution is 2.22. The molecule has 1 amide bonds. The first-order valence-corrected chi connectivity index (χ1v) is 11.6. The summed E-state index contributed by atoms with van der Waals surface area (Å²) in [5.74, 6) is 2.57. The van der Waals surface area contributed by atoms with E-state index in [0.717, 1.165) is 37.2 Å².